The van der Waals surface area contributed by atoms with Crippen molar-refractivity contribution < 1.29 is 9.47 Å². The summed E-state index contributed by atoms with van der Waals surface area (Å²) >= 11 is 0. The van der Waals surface area contributed by atoms with Crippen molar-refractivity contribution in [3.63, 3.8) is 0 Å². The van der Waals surface area contributed by atoms with E-state index in [1.807, 2.05) is 12.1 Å². The van der Waals surface area contributed by atoms with Gasteiger partial charge in [0.25, 0.3) is 0 Å². The third kappa shape index (κ3) is 4.64. The van der Waals surface area contributed by atoms with Gasteiger partial charge in [-0.1, -0.05) is 12.1 Å². The Labute approximate surface area is 110 Å². The van der Waals surface area contributed by atoms with Crippen molar-refractivity contribution >= 4 is 0 Å². The zero-order valence-electron chi connectivity index (χ0n) is 11.8. The van der Waals surface area contributed by atoms with E-state index in [1.165, 1.54) is 5.56 Å². The Hall–Kier alpha value is -1.10. The predicted molar refractivity (Wildman–Crippen MR) is 74.2 cm³/mol. The first-order valence-corrected chi connectivity index (χ1v) is 6.19. The molecule has 1 unspecified atom stereocenters. The molecule has 0 aliphatic carbocycles. The van der Waals surface area contributed by atoms with Crippen LogP contribution in [0.1, 0.15) is 11.6 Å². The maximum Gasteiger partial charge on any atom is 0.119 e. The molecule has 4 heteroatoms. The molecule has 0 saturated heterocycles. The summed E-state index contributed by atoms with van der Waals surface area (Å²) in [5.41, 5.74) is 1.25. The third-order valence-electron chi connectivity index (χ3n) is 2.92. The average molecular weight is 252 g/mol. The minimum atomic E-state index is 0.331. The minimum absolute atomic E-state index is 0.331. The van der Waals surface area contributed by atoms with Crippen molar-refractivity contribution in [1.29, 1.82) is 0 Å². The summed E-state index contributed by atoms with van der Waals surface area (Å²) < 4.78 is 10.3. The van der Waals surface area contributed by atoms with Crippen LogP contribution in [-0.4, -0.2) is 52.9 Å². The summed E-state index contributed by atoms with van der Waals surface area (Å²) in [4.78, 5) is 2.20. The van der Waals surface area contributed by atoms with E-state index in [4.69, 9.17) is 9.47 Å². The lowest BCUT2D eigenvalue weighted by Crippen LogP contribution is -2.32. The summed E-state index contributed by atoms with van der Waals surface area (Å²) in [6, 6.07) is 8.54. The zero-order valence-corrected chi connectivity index (χ0v) is 11.8. The molecule has 102 valence electrons. The van der Waals surface area contributed by atoms with Gasteiger partial charge in [-0.2, -0.15) is 0 Å². The maximum absolute atomic E-state index is 5.27. The largest absolute Gasteiger partial charge is 0.497 e. The highest BCUT2D eigenvalue weighted by molar-refractivity contribution is 5.30. The molecule has 0 saturated carbocycles. The second-order valence-electron chi connectivity index (χ2n) is 4.45. The predicted octanol–water partition coefficient (Wildman–Crippen LogP) is 1.53. The highest BCUT2D eigenvalue weighted by Gasteiger charge is 2.13. The number of benzene rings is 1. The Morgan fingerprint density at radius 2 is 2.06 bits per heavy atom. The second-order valence-corrected chi connectivity index (χ2v) is 4.45. The van der Waals surface area contributed by atoms with Gasteiger partial charge in [-0.25, -0.2) is 0 Å². The quantitative estimate of drug-likeness (QED) is 0.712. The van der Waals surface area contributed by atoms with Gasteiger partial charge in [-0.15, -0.1) is 0 Å². The lowest BCUT2D eigenvalue weighted by molar-refractivity contribution is 0.194. The monoisotopic (exact) mass is 252 g/mol. The van der Waals surface area contributed by atoms with Crippen LogP contribution in [0.3, 0.4) is 0 Å². The van der Waals surface area contributed by atoms with E-state index in [1.54, 1.807) is 14.2 Å². The Morgan fingerprint density at radius 3 is 2.67 bits per heavy atom. The van der Waals surface area contributed by atoms with Gasteiger partial charge in [0, 0.05) is 26.2 Å². The van der Waals surface area contributed by atoms with Crippen LogP contribution in [0, 0.1) is 0 Å². The van der Waals surface area contributed by atoms with Gasteiger partial charge in [0.05, 0.1) is 13.7 Å². The standard InChI is InChI=1S/C14H24N2O2/c1-16(2)14(11-15-8-9-17-3)12-6-5-7-13(10-12)18-4/h5-7,10,14-15H,8-9,11H2,1-4H3. The summed E-state index contributed by atoms with van der Waals surface area (Å²) in [6.07, 6.45) is 0. The van der Waals surface area contributed by atoms with E-state index in [-0.39, 0.29) is 0 Å². The molecular formula is C14H24N2O2. The van der Waals surface area contributed by atoms with Crippen LogP contribution < -0.4 is 10.1 Å². The molecule has 0 spiro atoms. The number of methoxy groups -OCH3 is 2. The fourth-order valence-corrected chi connectivity index (χ4v) is 1.86. The van der Waals surface area contributed by atoms with Crippen LogP contribution in [0.4, 0.5) is 0 Å². The molecule has 0 aliphatic heterocycles. The van der Waals surface area contributed by atoms with Crippen LogP contribution in [0.25, 0.3) is 0 Å². The van der Waals surface area contributed by atoms with Crippen molar-refractivity contribution in [3.05, 3.63) is 29.8 Å². The Morgan fingerprint density at radius 1 is 1.28 bits per heavy atom. The van der Waals surface area contributed by atoms with Crippen LogP contribution >= 0.6 is 0 Å². The van der Waals surface area contributed by atoms with Crippen molar-refractivity contribution in [1.82, 2.24) is 10.2 Å². The molecule has 1 rings (SSSR count). The summed E-state index contributed by atoms with van der Waals surface area (Å²) in [5.74, 6) is 0.899. The molecule has 18 heavy (non-hydrogen) atoms. The topological polar surface area (TPSA) is 33.7 Å². The summed E-state index contributed by atoms with van der Waals surface area (Å²) in [6.45, 7) is 2.49. The third-order valence-corrected chi connectivity index (χ3v) is 2.92. The van der Waals surface area contributed by atoms with Gasteiger partial charge in [0.15, 0.2) is 0 Å². The Bertz CT molecular complexity index is 342. The lowest BCUT2D eigenvalue weighted by atomic mass is 10.1. The average Bonchev–Trinajstić information content (AvgIpc) is 2.38. The van der Waals surface area contributed by atoms with E-state index < -0.39 is 0 Å². The number of hydrogen-bond acceptors (Lipinski definition) is 4. The first kappa shape index (κ1) is 15.0. The zero-order chi connectivity index (χ0) is 13.4. The van der Waals surface area contributed by atoms with Crippen LogP contribution in [0.5, 0.6) is 5.75 Å². The first-order valence-electron chi connectivity index (χ1n) is 6.19. The number of ether oxygens (including phenoxy) is 2. The van der Waals surface area contributed by atoms with Gasteiger partial charge in [-0.3, -0.25) is 0 Å². The van der Waals surface area contributed by atoms with Crippen molar-refractivity contribution in [2.75, 3.05) is 48.0 Å². The van der Waals surface area contributed by atoms with Gasteiger partial charge >= 0.3 is 0 Å². The smallest absolute Gasteiger partial charge is 0.119 e. The fraction of sp³-hybridized carbons (Fsp3) is 0.571. The van der Waals surface area contributed by atoms with E-state index >= 15 is 0 Å². The van der Waals surface area contributed by atoms with E-state index in [2.05, 4.69) is 36.4 Å². The van der Waals surface area contributed by atoms with E-state index in [0.717, 1.165) is 25.4 Å². The molecule has 1 N–H and O–H groups in total. The number of likely N-dealkylation sites (N-methyl/N-ethyl adjacent to an activating group) is 1. The highest BCUT2D eigenvalue weighted by atomic mass is 16.5. The minimum Gasteiger partial charge on any atom is -0.497 e. The summed E-state index contributed by atoms with van der Waals surface area (Å²) in [5, 5.41) is 3.40. The number of hydrogen-bond donors (Lipinski definition) is 1. The number of rotatable bonds is 8. The molecule has 0 radical (unpaired) electrons. The van der Waals surface area contributed by atoms with Crippen molar-refractivity contribution in [3.8, 4) is 5.75 Å². The molecule has 0 aliphatic rings. The highest BCUT2D eigenvalue weighted by Crippen LogP contribution is 2.21. The maximum atomic E-state index is 5.27. The van der Waals surface area contributed by atoms with Gasteiger partial charge in [0.1, 0.15) is 5.75 Å². The summed E-state index contributed by atoms with van der Waals surface area (Å²) in [7, 11) is 7.58. The molecule has 0 fully saturated rings. The number of nitrogens with zero attached hydrogens (tertiary/aromatic N) is 1. The van der Waals surface area contributed by atoms with E-state index in [9.17, 15) is 0 Å². The van der Waals surface area contributed by atoms with Gasteiger partial charge in [-0.05, 0) is 31.8 Å². The van der Waals surface area contributed by atoms with Crippen LogP contribution in [0.2, 0.25) is 0 Å². The SMILES string of the molecule is COCCNCC(c1cccc(OC)c1)N(C)C. The fourth-order valence-electron chi connectivity index (χ4n) is 1.86. The molecule has 4 nitrogen and oxygen atoms in total. The van der Waals surface area contributed by atoms with E-state index in [0.29, 0.717) is 6.04 Å². The van der Waals surface area contributed by atoms with Crippen molar-refractivity contribution in [2.45, 2.75) is 6.04 Å². The van der Waals surface area contributed by atoms with Crippen molar-refractivity contribution in [2.24, 2.45) is 0 Å². The first-order chi connectivity index (χ1) is 8.69. The van der Waals surface area contributed by atoms with Crippen LogP contribution in [0.15, 0.2) is 24.3 Å². The molecule has 1 aromatic carbocycles. The Kier molecular flexibility index (Phi) is 6.72. The molecule has 0 aromatic heterocycles. The lowest BCUT2D eigenvalue weighted by Gasteiger charge is -2.25. The normalized spacial score (nSPS) is 12.7. The molecule has 0 amide bonds. The van der Waals surface area contributed by atoms with Crippen LogP contribution in [-0.2, 0) is 4.74 Å². The molecule has 0 bridgehead atoms. The molecule has 1 atom stereocenters. The molecule has 1 aromatic rings. The Balaban J connectivity index is 2.65. The molecular weight excluding hydrogens is 228 g/mol. The van der Waals surface area contributed by atoms with Gasteiger partial charge < -0.3 is 19.7 Å². The number of nitrogens with one attached hydrogen (secondary N) is 1. The second kappa shape index (κ2) is 8.08. The molecule has 0 heterocycles. The van der Waals surface area contributed by atoms with Gasteiger partial charge in [0.2, 0.25) is 0 Å².